The summed E-state index contributed by atoms with van der Waals surface area (Å²) in [6, 6.07) is 4.73. The highest BCUT2D eigenvalue weighted by molar-refractivity contribution is 6.03. The quantitative estimate of drug-likeness (QED) is 0.376. The number of nitro benzene ring substituents is 1. The number of carbonyl (C=O) groups excluding carboxylic acids is 3. The molecular weight excluding hydrogens is 430 g/mol. The minimum atomic E-state index is -0.976. The number of dihydropyridines is 1. The molecule has 1 aliphatic rings. The number of non-ortho nitro benzene ring substituents is 1. The Labute approximate surface area is 192 Å². The van der Waals surface area contributed by atoms with Crippen molar-refractivity contribution in [2.45, 2.75) is 59.1 Å². The Kier molecular flexibility index (Phi) is 7.63. The summed E-state index contributed by atoms with van der Waals surface area (Å²) >= 11 is 0. The Balaban J connectivity index is 2.54. The molecule has 0 aliphatic carbocycles. The number of amides is 1. The van der Waals surface area contributed by atoms with E-state index in [1.807, 2.05) is 0 Å². The van der Waals surface area contributed by atoms with Gasteiger partial charge in [-0.1, -0.05) is 12.1 Å². The van der Waals surface area contributed by atoms with Crippen LogP contribution in [0.1, 0.15) is 53.0 Å². The Morgan fingerprint density at radius 2 is 1.76 bits per heavy atom. The second-order valence-electron chi connectivity index (χ2n) is 8.71. The van der Waals surface area contributed by atoms with Crippen LogP contribution in [-0.4, -0.2) is 41.5 Å². The monoisotopic (exact) mass is 459 g/mol. The van der Waals surface area contributed by atoms with Gasteiger partial charge in [-0.05, 0) is 47.1 Å². The van der Waals surface area contributed by atoms with Gasteiger partial charge in [0, 0.05) is 29.1 Å². The van der Waals surface area contributed by atoms with E-state index in [4.69, 9.17) is 9.47 Å². The van der Waals surface area contributed by atoms with E-state index in [1.165, 1.54) is 32.2 Å². The maximum absolute atomic E-state index is 13.3. The molecular formula is C23H29N3O7. The molecule has 0 radical (unpaired) electrons. The van der Waals surface area contributed by atoms with Crippen molar-refractivity contribution in [1.82, 2.24) is 10.6 Å². The normalized spacial score (nSPS) is 17.1. The first-order valence-electron chi connectivity index (χ1n) is 10.3. The van der Waals surface area contributed by atoms with Crippen molar-refractivity contribution >= 4 is 23.5 Å². The molecule has 0 unspecified atom stereocenters. The molecule has 2 atom stereocenters. The SMILES string of the molecule is COC(=O)C1=C(C)NC(C)=C(C(=O)N[C@@H](C)C(=O)OC(C)(C)C)[C@@H]1c1cccc([N+](=O)[O-])c1. The first-order valence-corrected chi connectivity index (χ1v) is 10.3. The summed E-state index contributed by atoms with van der Waals surface area (Å²) in [4.78, 5) is 49.1. The van der Waals surface area contributed by atoms with Crippen LogP contribution in [0.15, 0.2) is 46.8 Å². The van der Waals surface area contributed by atoms with Crippen molar-refractivity contribution in [3.05, 3.63) is 62.5 Å². The van der Waals surface area contributed by atoms with Crippen molar-refractivity contribution in [1.29, 1.82) is 0 Å². The molecule has 1 aromatic carbocycles. The molecule has 0 fully saturated rings. The molecule has 0 spiro atoms. The summed E-state index contributed by atoms with van der Waals surface area (Å²) in [5, 5.41) is 16.9. The number of methoxy groups -OCH3 is 1. The standard InChI is InChI=1S/C23H29N3O7/c1-12-17(20(27)25-14(3)21(28)33-23(4,5)6)19(18(13(2)24-12)22(29)32-7)15-9-8-10-16(11-15)26(30)31/h8-11,14,19,24H,1-7H3,(H,25,27)/t14-,19-/m0/s1. The first kappa shape index (κ1) is 25.6. The lowest BCUT2D eigenvalue weighted by Gasteiger charge is -2.31. The van der Waals surface area contributed by atoms with Gasteiger partial charge in [-0.25, -0.2) is 9.59 Å². The molecule has 0 aromatic heterocycles. The van der Waals surface area contributed by atoms with Gasteiger partial charge < -0.3 is 20.1 Å². The number of allylic oxidation sites excluding steroid dienone is 2. The predicted octanol–water partition coefficient (Wildman–Crippen LogP) is 2.85. The van der Waals surface area contributed by atoms with Crippen molar-refractivity contribution in [2.24, 2.45) is 0 Å². The fraction of sp³-hybridized carbons (Fsp3) is 0.435. The zero-order valence-electron chi connectivity index (χ0n) is 19.8. The minimum Gasteiger partial charge on any atom is -0.466 e. The zero-order chi connectivity index (χ0) is 25.1. The molecule has 0 saturated carbocycles. The molecule has 1 aliphatic heterocycles. The van der Waals surface area contributed by atoms with Gasteiger partial charge in [0.1, 0.15) is 11.6 Å². The third kappa shape index (κ3) is 5.97. The smallest absolute Gasteiger partial charge is 0.336 e. The van der Waals surface area contributed by atoms with Gasteiger partial charge in [-0.15, -0.1) is 0 Å². The highest BCUT2D eigenvalue weighted by Crippen LogP contribution is 2.39. The van der Waals surface area contributed by atoms with Crippen LogP contribution in [-0.2, 0) is 23.9 Å². The van der Waals surface area contributed by atoms with Crippen molar-refractivity contribution < 1.29 is 28.8 Å². The Morgan fingerprint density at radius 3 is 2.30 bits per heavy atom. The van der Waals surface area contributed by atoms with Crippen LogP contribution in [0.4, 0.5) is 5.69 Å². The molecule has 10 nitrogen and oxygen atoms in total. The molecule has 2 N–H and O–H groups in total. The molecule has 2 rings (SSSR count). The van der Waals surface area contributed by atoms with E-state index >= 15 is 0 Å². The third-order valence-electron chi connectivity index (χ3n) is 4.93. The second kappa shape index (κ2) is 9.85. The van der Waals surface area contributed by atoms with Crippen LogP contribution in [0.25, 0.3) is 0 Å². The number of nitrogens with one attached hydrogen (secondary N) is 2. The largest absolute Gasteiger partial charge is 0.466 e. The molecule has 10 heteroatoms. The van der Waals surface area contributed by atoms with E-state index in [1.54, 1.807) is 40.7 Å². The van der Waals surface area contributed by atoms with Gasteiger partial charge in [0.05, 0.1) is 23.5 Å². The molecule has 33 heavy (non-hydrogen) atoms. The number of hydrogen-bond donors (Lipinski definition) is 2. The number of hydrogen-bond acceptors (Lipinski definition) is 8. The minimum absolute atomic E-state index is 0.136. The molecule has 0 bridgehead atoms. The summed E-state index contributed by atoms with van der Waals surface area (Å²) in [6.07, 6.45) is 0. The van der Waals surface area contributed by atoms with Gasteiger partial charge in [0.15, 0.2) is 0 Å². The number of nitro groups is 1. The van der Waals surface area contributed by atoms with Crippen molar-refractivity contribution in [3.63, 3.8) is 0 Å². The third-order valence-corrected chi connectivity index (χ3v) is 4.93. The van der Waals surface area contributed by atoms with Crippen molar-refractivity contribution in [2.75, 3.05) is 7.11 Å². The lowest BCUT2D eigenvalue weighted by Crippen LogP contribution is -2.45. The lowest BCUT2D eigenvalue weighted by molar-refractivity contribution is -0.384. The maximum atomic E-state index is 13.3. The number of rotatable bonds is 6. The van der Waals surface area contributed by atoms with Gasteiger partial charge in [-0.2, -0.15) is 0 Å². The average molecular weight is 459 g/mol. The highest BCUT2D eigenvalue weighted by atomic mass is 16.6. The summed E-state index contributed by atoms with van der Waals surface area (Å²) in [5.74, 6) is -2.88. The number of benzene rings is 1. The molecule has 178 valence electrons. The number of nitrogens with zero attached hydrogens (tertiary/aromatic N) is 1. The number of ether oxygens (including phenoxy) is 2. The van der Waals surface area contributed by atoms with Crippen LogP contribution < -0.4 is 10.6 Å². The number of esters is 2. The molecule has 1 aromatic rings. The van der Waals surface area contributed by atoms with E-state index in [0.29, 0.717) is 17.0 Å². The Morgan fingerprint density at radius 1 is 1.15 bits per heavy atom. The molecule has 1 heterocycles. The van der Waals surface area contributed by atoms with Crippen LogP contribution in [0.3, 0.4) is 0 Å². The van der Waals surface area contributed by atoms with Crippen LogP contribution in [0.5, 0.6) is 0 Å². The Bertz CT molecular complexity index is 1050. The summed E-state index contributed by atoms with van der Waals surface area (Å²) < 4.78 is 10.2. The van der Waals surface area contributed by atoms with Gasteiger partial charge in [-0.3, -0.25) is 14.9 Å². The average Bonchev–Trinajstić information content (AvgIpc) is 2.71. The van der Waals surface area contributed by atoms with E-state index in [-0.39, 0.29) is 16.8 Å². The highest BCUT2D eigenvalue weighted by Gasteiger charge is 2.38. The number of carbonyl (C=O) groups is 3. The van der Waals surface area contributed by atoms with E-state index in [9.17, 15) is 24.5 Å². The lowest BCUT2D eigenvalue weighted by atomic mass is 9.80. The van der Waals surface area contributed by atoms with Crippen LogP contribution >= 0.6 is 0 Å². The van der Waals surface area contributed by atoms with Crippen LogP contribution in [0.2, 0.25) is 0 Å². The maximum Gasteiger partial charge on any atom is 0.336 e. The summed E-state index contributed by atoms with van der Waals surface area (Å²) in [5.41, 5.74) is 0.599. The summed E-state index contributed by atoms with van der Waals surface area (Å²) in [6.45, 7) is 9.93. The van der Waals surface area contributed by atoms with Crippen LogP contribution in [0, 0.1) is 10.1 Å². The fourth-order valence-electron chi connectivity index (χ4n) is 3.55. The topological polar surface area (TPSA) is 137 Å². The van der Waals surface area contributed by atoms with Gasteiger partial charge in [0.25, 0.3) is 11.6 Å². The van der Waals surface area contributed by atoms with E-state index in [0.717, 1.165) is 0 Å². The van der Waals surface area contributed by atoms with E-state index in [2.05, 4.69) is 10.6 Å². The van der Waals surface area contributed by atoms with Gasteiger partial charge >= 0.3 is 11.9 Å². The molecule has 0 saturated heterocycles. The second-order valence-corrected chi connectivity index (χ2v) is 8.71. The first-order chi connectivity index (χ1) is 15.3. The predicted molar refractivity (Wildman–Crippen MR) is 120 cm³/mol. The van der Waals surface area contributed by atoms with Gasteiger partial charge in [0.2, 0.25) is 0 Å². The Hall–Kier alpha value is -3.69. The van der Waals surface area contributed by atoms with E-state index < -0.39 is 40.3 Å². The fourth-order valence-corrected chi connectivity index (χ4v) is 3.55. The van der Waals surface area contributed by atoms with Crippen molar-refractivity contribution in [3.8, 4) is 0 Å². The summed E-state index contributed by atoms with van der Waals surface area (Å²) in [7, 11) is 1.21. The zero-order valence-corrected chi connectivity index (χ0v) is 19.8. The molecule has 1 amide bonds.